The minimum absolute atomic E-state index is 0.282. The summed E-state index contributed by atoms with van der Waals surface area (Å²) in [4.78, 5) is 0. The molecule has 4 rings (SSSR count). The third-order valence-corrected chi connectivity index (χ3v) is 4.25. The van der Waals surface area contributed by atoms with Crippen molar-refractivity contribution in [2.24, 2.45) is 0 Å². The molecule has 4 heteroatoms. The molecule has 0 radical (unpaired) electrons. The molecule has 2 heterocycles. The van der Waals surface area contributed by atoms with E-state index in [-0.39, 0.29) is 12.2 Å². The highest BCUT2D eigenvalue weighted by atomic mass is 16.6. The first-order valence-electron chi connectivity index (χ1n) is 8.64. The van der Waals surface area contributed by atoms with Gasteiger partial charge in [0.05, 0.1) is 13.2 Å². The van der Waals surface area contributed by atoms with Crippen molar-refractivity contribution in [1.29, 1.82) is 0 Å². The highest BCUT2D eigenvalue weighted by Gasteiger charge is 2.23. The molecule has 2 aromatic carbocycles. The summed E-state index contributed by atoms with van der Waals surface area (Å²) in [6, 6.07) is 16.3. The van der Waals surface area contributed by atoms with Gasteiger partial charge in [0.25, 0.3) is 0 Å². The predicted molar refractivity (Wildman–Crippen MR) is 96.9 cm³/mol. The second-order valence-corrected chi connectivity index (χ2v) is 6.45. The van der Waals surface area contributed by atoms with E-state index in [1.165, 1.54) is 11.1 Å². The van der Waals surface area contributed by atoms with E-state index in [2.05, 4.69) is 37.3 Å². The number of hydrogen-bond acceptors (Lipinski definition) is 4. The highest BCUT2D eigenvalue weighted by Crippen LogP contribution is 2.23. The molecule has 0 amide bonds. The molecule has 2 aromatic rings. The van der Waals surface area contributed by atoms with E-state index >= 15 is 0 Å². The Labute approximate surface area is 148 Å². The summed E-state index contributed by atoms with van der Waals surface area (Å²) < 4.78 is 21.6. The average Bonchev–Trinajstić information content (AvgIpc) is 3.55. The first kappa shape index (κ1) is 16.2. The average molecular weight is 338 g/mol. The fourth-order valence-electron chi connectivity index (χ4n) is 2.51. The van der Waals surface area contributed by atoms with E-state index in [9.17, 15) is 0 Å². The maximum Gasteiger partial charge on any atom is 0.119 e. The van der Waals surface area contributed by atoms with Gasteiger partial charge in [-0.1, -0.05) is 30.3 Å². The van der Waals surface area contributed by atoms with Gasteiger partial charge in [0.15, 0.2) is 0 Å². The van der Waals surface area contributed by atoms with Crippen LogP contribution in [-0.2, 0) is 9.47 Å². The van der Waals surface area contributed by atoms with Gasteiger partial charge in [-0.05, 0) is 47.9 Å². The molecule has 130 valence electrons. The summed E-state index contributed by atoms with van der Waals surface area (Å²) in [5.41, 5.74) is 3.54. The summed E-state index contributed by atoms with van der Waals surface area (Å²) in [5.74, 6) is 1.76. The van der Waals surface area contributed by atoms with Crippen molar-refractivity contribution < 1.29 is 18.9 Å². The van der Waals surface area contributed by atoms with Crippen LogP contribution in [0.1, 0.15) is 18.1 Å². The van der Waals surface area contributed by atoms with Gasteiger partial charge in [-0.25, -0.2) is 0 Å². The molecule has 0 saturated carbocycles. The molecule has 0 N–H and O–H groups in total. The quantitative estimate of drug-likeness (QED) is 0.542. The maximum absolute atomic E-state index is 5.67. The van der Waals surface area contributed by atoms with Crippen LogP contribution in [-0.4, -0.2) is 38.6 Å². The van der Waals surface area contributed by atoms with Gasteiger partial charge in [0.2, 0.25) is 0 Å². The van der Waals surface area contributed by atoms with Crippen LogP contribution in [0.5, 0.6) is 11.5 Å². The minimum Gasteiger partial charge on any atom is -0.491 e. The van der Waals surface area contributed by atoms with E-state index < -0.39 is 0 Å². The Morgan fingerprint density at radius 3 is 1.84 bits per heavy atom. The fourth-order valence-corrected chi connectivity index (χ4v) is 2.51. The molecule has 2 aliphatic heterocycles. The van der Waals surface area contributed by atoms with Gasteiger partial charge < -0.3 is 18.9 Å². The molecule has 25 heavy (non-hydrogen) atoms. The Bertz CT molecular complexity index is 725. The molecule has 0 spiro atoms. The van der Waals surface area contributed by atoms with Crippen LogP contribution in [0.2, 0.25) is 0 Å². The lowest BCUT2D eigenvalue weighted by Gasteiger charge is -2.07. The highest BCUT2D eigenvalue weighted by molar-refractivity contribution is 5.80. The molecule has 0 aromatic heterocycles. The molecule has 2 fully saturated rings. The normalized spacial score (nSPS) is 21.7. The zero-order valence-electron chi connectivity index (χ0n) is 14.3. The minimum atomic E-state index is 0.282. The Morgan fingerprint density at radius 2 is 1.36 bits per heavy atom. The summed E-state index contributed by atoms with van der Waals surface area (Å²) in [6.45, 7) is 5.02. The zero-order chi connectivity index (χ0) is 17.1. The van der Waals surface area contributed by atoms with Crippen molar-refractivity contribution in [3.8, 4) is 11.5 Å². The maximum atomic E-state index is 5.67. The molecule has 2 atom stereocenters. The van der Waals surface area contributed by atoms with Crippen molar-refractivity contribution in [3.05, 3.63) is 59.7 Å². The van der Waals surface area contributed by atoms with E-state index in [0.717, 1.165) is 30.3 Å². The van der Waals surface area contributed by atoms with E-state index in [1.54, 1.807) is 0 Å². The van der Waals surface area contributed by atoms with Crippen LogP contribution in [0, 0.1) is 0 Å². The third-order valence-electron chi connectivity index (χ3n) is 4.25. The summed E-state index contributed by atoms with van der Waals surface area (Å²) in [6.07, 6.45) is 2.73. The summed E-state index contributed by atoms with van der Waals surface area (Å²) in [7, 11) is 0. The third kappa shape index (κ3) is 4.84. The monoisotopic (exact) mass is 338 g/mol. The van der Waals surface area contributed by atoms with Gasteiger partial charge in [-0.15, -0.1) is 0 Å². The van der Waals surface area contributed by atoms with E-state index in [1.807, 2.05) is 24.3 Å². The van der Waals surface area contributed by atoms with E-state index in [0.29, 0.717) is 13.2 Å². The first-order chi connectivity index (χ1) is 12.3. The number of ether oxygens (including phenoxy) is 4. The van der Waals surface area contributed by atoms with Crippen molar-refractivity contribution in [3.63, 3.8) is 0 Å². The Hall–Kier alpha value is -2.30. The van der Waals surface area contributed by atoms with Crippen LogP contribution in [0.4, 0.5) is 0 Å². The van der Waals surface area contributed by atoms with Crippen molar-refractivity contribution >= 4 is 11.6 Å². The molecule has 4 nitrogen and oxygen atoms in total. The molecule has 2 saturated heterocycles. The summed E-state index contributed by atoms with van der Waals surface area (Å²) >= 11 is 0. The van der Waals surface area contributed by atoms with Gasteiger partial charge in [0.1, 0.15) is 36.9 Å². The lowest BCUT2D eigenvalue weighted by atomic mass is 10.0. The number of benzene rings is 2. The van der Waals surface area contributed by atoms with Crippen molar-refractivity contribution in [1.82, 2.24) is 0 Å². The smallest absolute Gasteiger partial charge is 0.119 e. The Morgan fingerprint density at radius 1 is 0.880 bits per heavy atom. The van der Waals surface area contributed by atoms with Crippen LogP contribution < -0.4 is 9.47 Å². The fraction of sp³-hybridized carbons (Fsp3) is 0.333. The molecule has 0 aliphatic carbocycles. The largest absolute Gasteiger partial charge is 0.491 e. The van der Waals surface area contributed by atoms with Gasteiger partial charge >= 0.3 is 0 Å². The Kier molecular flexibility index (Phi) is 4.72. The molecule has 2 unspecified atom stereocenters. The lowest BCUT2D eigenvalue weighted by molar-refractivity contribution is 0.263. The number of rotatable bonds is 8. The predicted octanol–water partition coefficient (Wildman–Crippen LogP) is 3.80. The molecular weight excluding hydrogens is 316 g/mol. The second kappa shape index (κ2) is 7.30. The van der Waals surface area contributed by atoms with Crippen LogP contribution in [0.15, 0.2) is 48.5 Å². The lowest BCUT2D eigenvalue weighted by Crippen LogP contribution is -2.03. The van der Waals surface area contributed by atoms with Crippen molar-refractivity contribution in [2.75, 3.05) is 26.4 Å². The van der Waals surface area contributed by atoms with Gasteiger partial charge in [0, 0.05) is 0 Å². The van der Waals surface area contributed by atoms with E-state index in [4.69, 9.17) is 18.9 Å². The SMILES string of the molecule is CC(=Cc1ccc(OCC2CO2)cc1)c1ccc(OCC2CO2)cc1. The van der Waals surface area contributed by atoms with Gasteiger partial charge in [-0.2, -0.15) is 0 Å². The molecule has 2 aliphatic rings. The topological polar surface area (TPSA) is 43.5 Å². The number of epoxide rings is 2. The van der Waals surface area contributed by atoms with Crippen LogP contribution >= 0.6 is 0 Å². The first-order valence-corrected chi connectivity index (χ1v) is 8.64. The summed E-state index contributed by atoms with van der Waals surface area (Å²) in [5, 5.41) is 0. The van der Waals surface area contributed by atoms with Gasteiger partial charge in [-0.3, -0.25) is 0 Å². The zero-order valence-corrected chi connectivity index (χ0v) is 14.3. The van der Waals surface area contributed by atoms with Crippen molar-refractivity contribution in [2.45, 2.75) is 19.1 Å². The molecular formula is C21H22O4. The second-order valence-electron chi connectivity index (χ2n) is 6.45. The standard InChI is InChI=1S/C21H22O4/c1-15(17-4-8-19(9-5-17)23-12-21-14-25-21)10-16-2-6-18(7-3-16)22-11-20-13-24-20/h2-10,20-21H,11-14H2,1H3. The molecule has 0 bridgehead atoms. The van der Waals surface area contributed by atoms with Crippen LogP contribution in [0.3, 0.4) is 0 Å². The Balaban J connectivity index is 1.35. The van der Waals surface area contributed by atoms with Crippen LogP contribution in [0.25, 0.3) is 11.6 Å². The number of hydrogen-bond donors (Lipinski definition) is 0. The number of allylic oxidation sites excluding steroid dienone is 1.